The summed E-state index contributed by atoms with van der Waals surface area (Å²) < 4.78 is 0. The number of carbonyl (C=O) groups is 2. The monoisotopic (exact) mass is 534 g/mol. The molecule has 0 aliphatic rings. The van der Waals surface area contributed by atoms with Gasteiger partial charge in [-0.2, -0.15) is 0 Å². The van der Waals surface area contributed by atoms with Crippen LogP contribution >= 0.6 is 0 Å². The Morgan fingerprint density at radius 3 is 1.89 bits per heavy atom. The molecule has 6 nitrogen and oxygen atoms in total. The van der Waals surface area contributed by atoms with Crippen molar-refractivity contribution in [1.82, 2.24) is 9.80 Å². The second kappa shape index (κ2) is 24.9. The van der Waals surface area contributed by atoms with E-state index in [1.54, 1.807) is 13.1 Å². The number of rotatable bonds is 16. The molecular formula is C32H58N2O4. The zero-order valence-corrected chi connectivity index (χ0v) is 26.1. The van der Waals surface area contributed by atoms with E-state index in [1.807, 2.05) is 66.7 Å². The van der Waals surface area contributed by atoms with Gasteiger partial charge in [0.05, 0.1) is 0 Å². The van der Waals surface area contributed by atoms with Gasteiger partial charge in [-0.1, -0.05) is 97.6 Å². The van der Waals surface area contributed by atoms with E-state index in [0.29, 0.717) is 26.1 Å². The van der Waals surface area contributed by atoms with Gasteiger partial charge in [0, 0.05) is 26.7 Å². The molecule has 0 spiro atoms. The lowest BCUT2D eigenvalue weighted by Crippen LogP contribution is -2.51. The summed E-state index contributed by atoms with van der Waals surface area (Å²) in [7, 11) is 1.55. The molecule has 0 aliphatic heterocycles. The molecule has 2 N–H and O–H groups in total. The van der Waals surface area contributed by atoms with E-state index in [4.69, 9.17) is 0 Å². The van der Waals surface area contributed by atoms with Crippen molar-refractivity contribution >= 4 is 11.8 Å². The van der Waals surface area contributed by atoms with Crippen LogP contribution in [-0.2, 0) is 9.59 Å². The van der Waals surface area contributed by atoms with Crippen LogP contribution in [0.25, 0.3) is 0 Å². The molecule has 2 amide bonds. The minimum absolute atomic E-state index is 0.246. The van der Waals surface area contributed by atoms with Crippen LogP contribution in [0.3, 0.4) is 0 Å². The molecule has 0 saturated heterocycles. The first kappa shape index (κ1) is 40.1. The van der Waals surface area contributed by atoms with Crippen molar-refractivity contribution in [2.45, 2.75) is 100 Å². The summed E-state index contributed by atoms with van der Waals surface area (Å²) in [5.74, 6) is -1.02. The van der Waals surface area contributed by atoms with Gasteiger partial charge < -0.3 is 20.0 Å². The molecule has 0 bridgehead atoms. The van der Waals surface area contributed by atoms with Gasteiger partial charge in [0.25, 0.3) is 11.8 Å². The fourth-order valence-electron chi connectivity index (χ4n) is 3.81. The number of hydrogen-bond acceptors (Lipinski definition) is 4. The Hall–Kier alpha value is -2.44. The van der Waals surface area contributed by atoms with Crippen molar-refractivity contribution in [3.8, 4) is 0 Å². The minimum Gasteiger partial charge on any atom is -0.380 e. The summed E-state index contributed by atoms with van der Waals surface area (Å²) in [5.41, 5.74) is 3.41. The summed E-state index contributed by atoms with van der Waals surface area (Å²) in [6.45, 7) is 26.9. The summed E-state index contributed by atoms with van der Waals surface area (Å²) in [6, 6.07) is 0. The largest absolute Gasteiger partial charge is 0.380 e. The van der Waals surface area contributed by atoms with Crippen LogP contribution in [0.4, 0.5) is 0 Å². The normalized spacial score (nSPS) is 14.1. The van der Waals surface area contributed by atoms with Crippen LogP contribution in [0.15, 0.2) is 60.3 Å². The summed E-state index contributed by atoms with van der Waals surface area (Å²) in [5, 5.41) is 20.7. The third-order valence-electron chi connectivity index (χ3n) is 6.12. The van der Waals surface area contributed by atoms with Gasteiger partial charge in [0.1, 0.15) is 0 Å². The summed E-state index contributed by atoms with van der Waals surface area (Å²) in [6.07, 6.45) is 9.33. The molecule has 0 radical (unpaired) electrons. The average Bonchev–Trinajstić information content (AvgIpc) is 2.96. The van der Waals surface area contributed by atoms with E-state index >= 15 is 0 Å². The minimum atomic E-state index is -1.78. The zero-order valence-electron chi connectivity index (χ0n) is 26.1. The Balaban J connectivity index is -0.00000291. The van der Waals surface area contributed by atoms with Crippen molar-refractivity contribution in [2.75, 3.05) is 26.7 Å². The van der Waals surface area contributed by atoms with E-state index in [1.165, 1.54) is 15.4 Å². The van der Waals surface area contributed by atoms with Gasteiger partial charge in [-0.15, -0.1) is 0 Å². The third-order valence-corrected chi connectivity index (χ3v) is 6.12. The first-order valence-corrected chi connectivity index (χ1v) is 14.4. The zero-order chi connectivity index (χ0) is 30.3. The van der Waals surface area contributed by atoms with E-state index in [9.17, 15) is 19.8 Å². The quantitative estimate of drug-likeness (QED) is 0.222. The van der Waals surface area contributed by atoms with Crippen LogP contribution < -0.4 is 0 Å². The molecule has 0 heterocycles. The number of aliphatic hydroxyl groups excluding tert-OH is 2. The van der Waals surface area contributed by atoms with E-state index in [0.717, 1.165) is 30.4 Å². The Morgan fingerprint density at radius 2 is 1.47 bits per heavy atom. The average molecular weight is 535 g/mol. The van der Waals surface area contributed by atoms with Crippen LogP contribution in [0.1, 0.15) is 88.0 Å². The lowest BCUT2D eigenvalue weighted by molar-refractivity contribution is -0.157. The van der Waals surface area contributed by atoms with Crippen molar-refractivity contribution < 1.29 is 19.8 Å². The molecule has 0 fully saturated rings. The number of aliphatic hydroxyl groups is 2. The fraction of sp³-hybridized carbons (Fsp3) is 0.625. The van der Waals surface area contributed by atoms with Gasteiger partial charge in [-0.05, 0) is 56.6 Å². The van der Waals surface area contributed by atoms with Crippen LogP contribution in [0, 0.1) is 5.92 Å². The Kier molecular flexibility index (Phi) is 26.2. The number of hydrogen-bond donors (Lipinski definition) is 2. The predicted octanol–water partition coefficient (Wildman–Crippen LogP) is 6.47. The molecule has 0 aromatic rings. The van der Waals surface area contributed by atoms with Crippen molar-refractivity contribution in [3.63, 3.8) is 0 Å². The predicted molar refractivity (Wildman–Crippen MR) is 164 cm³/mol. The van der Waals surface area contributed by atoms with Gasteiger partial charge in [-0.25, -0.2) is 0 Å². The molecular weight excluding hydrogens is 476 g/mol. The van der Waals surface area contributed by atoms with Crippen LogP contribution in [-0.4, -0.2) is 70.7 Å². The highest BCUT2D eigenvalue weighted by atomic mass is 16.3. The van der Waals surface area contributed by atoms with E-state index in [-0.39, 0.29) is 5.92 Å². The Labute approximate surface area is 234 Å². The van der Waals surface area contributed by atoms with Crippen LogP contribution in [0.5, 0.6) is 0 Å². The maximum atomic E-state index is 12.9. The number of allylic oxidation sites excluding steroid dienone is 8. The standard InChI is InChI=1S/C28H46N2O4.2C2H6/c1-9-15-16-24(21(7)11-3)20-23(13-5)22(12-4)17-19-30(14-6)28(34)26(32)25(31)27(33)29(8)18-10-2;2*1-2/h9,11,15-16,20,22,25-26,31-32H,1,3,10,12-14,17-19H2,2,4-8H3;2*1-2H3/b16-15-,23-20+,24-21-;;. The number of likely N-dealkylation sites (N-methyl/N-ethyl adjacent to an activating group) is 2. The molecule has 38 heavy (non-hydrogen) atoms. The highest BCUT2D eigenvalue weighted by Crippen LogP contribution is 2.26. The van der Waals surface area contributed by atoms with Crippen molar-refractivity contribution in [3.05, 3.63) is 60.3 Å². The van der Waals surface area contributed by atoms with Crippen LogP contribution in [0.2, 0.25) is 0 Å². The maximum absolute atomic E-state index is 12.9. The first-order valence-electron chi connectivity index (χ1n) is 14.4. The highest BCUT2D eigenvalue weighted by molar-refractivity contribution is 5.90. The number of carbonyl (C=O) groups excluding carboxylic acids is 2. The lowest BCUT2D eigenvalue weighted by atomic mass is 9.88. The van der Waals surface area contributed by atoms with E-state index in [2.05, 4.69) is 33.1 Å². The summed E-state index contributed by atoms with van der Waals surface area (Å²) in [4.78, 5) is 28.0. The summed E-state index contributed by atoms with van der Waals surface area (Å²) >= 11 is 0. The second-order valence-corrected chi connectivity index (χ2v) is 8.47. The highest BCUT2D eigenvalue weighted by Gasteiger charge is 2.34. The molecule has 0 aliphatic carbocycles. The van der Waals surface area contributed by atoms with Gasteiger partial charge in [0.2, 0.25) is 0 Å². The molecule has 6 heteroatoms. The van der Waals surface area contributed by atoms with E-state index < -0.39 is 24.0 Å². The number of nitrogens with zero attached hydrogens (tertiary/aromatic N) is 2. The SMILES string of the molecule is C=C\C=C/C(/C=C(\CC)C(CC)CCN(CC)C(=O)C(O)C(O)C(=O)N(C)CCC)=C(\C)C=C.CC.CC. The van der Waals surface area contributed by atoms with Gasteiger partial charge >= 0.3 is 0 Å². The third kappa shape index (κ3) is 14.5. The molecule has 0 saturated carbocycles. The van der Waals surface area contributed by atoms with Gasteiger partial charge in [-0.3, -0.25) is 9.59 Å². The molecule has 3 unspecified atom stereocenters. The lowest BCUT2D eigenvalue weighted by Gasteiger charge is -2.29. The van der Waals surface area contributed by atoms with Gasteiger partial charge in [0.15, 0.2) is 12.2 Å². The first-order chi connectivity index (χ1) is 18.1. The Morgan fingerprint density at radius 1 is 0.921 bits per heavy atom. The molecule has 0 rings (SSSR count). The smallest absolute Gasteiger partial charge is 0.254 e. The maximum Gasteiger partial charge on any atom is 0.254 e. The topological polar surface area (TPSA) is 81.1 Å². The van der Waals surface area contributed by atoms with Crippen molar-refractivity contribution in [2.24, 2.45) is 5.92 Å². The number of amides is 2. The Bertz CT molecular complexity index is 767. The molecule has 0 aromatic heterocycles. The fourth-order valence-corrected chi connectivity index (χ4v) is 3.81. The van der Waals surface area contributed by atoms with Crippen molar-refractivity contribution in [1.29, 1.82) is 0 Å². The molecule has 0 aromatic carbocycles. The second-order valence-electron chi connectivity index (χ2n) is 8.47. The molecule has 220 valence electrons. The molecule has 3 atom stereocenters.